The van der Waals surface area contributed by atoms with Crippen LogP contribution in [0, 0.1) is 5.41 Å². The molecule has 0 spiro atoms. The van der Waals surface area contributed by atoms with Crippen LogP contribution in [0.3, 0.4) is 0 Å². The minimum Gasteiger partial charge on any atom is -0.496 e. The number of carboxylic acids is 1. The standard InChI is InChI=1S/C41H44ClF3N4O6/c1-40(2,39(51)52)22-47-20-24-17-31(41(43,44)45)35(18-34(24)53-3)55-33-15-13-27-26(7-5-8-28(27)33)29-9-6-10-30(37(29)42)32-14-11-23(38(49-32)54-4)19-46-21-25-12-16-36(50)48-25/h5-11,14,17-18,25,33,46-47H,12-13,15-16,19-22H2,1-4H3,(H,48,50)(H,51,52)/t25-,33-/m0/s1. The smallest absolute Gasteiger partial charge is 0.419 e. The number of halogens is 4. The van der Waals surface area contributed by atoms with Crippen LogP contribution in [-0.4, -0.2) is 55.3 Å². The van der Waals surface area contributed by atoms with E-state index < -0.39 is 29.2 Å². The Morgan fingerprint density at radius 3 is 2.35 bits per heavy atom. The molecule has 1 amide bonds. The molecule has 10 nitrogen and oxygen atoms in total. The number of rotatable bonds is 15. The lowest BCUT2D eigenvalue weighted by atomic mass is 9.94. The van der Waals surface area contributed by atoms with Gasteiger partial charge in [-0.15, -0.1) is 0 Å². The quantitative estimate of drug-likeness (QED) is 0.0957. The normalized spacial score (nSPS) is 16.8. The van der Waals surface area contributed by atoms with Crippen LogP contribution in [0.25, 0.3) is 22.4 Å². The Balaban J connectivity index is 1.23. The molecule has 2 atom stereocenters. The molecule has 1 saturated heterocycles. The highest BCUT2D eigenvalue weighted by Gasteiger charge is 2.38. The van der Waals surface area contributed by atoms with E-state index in [1.165, 1.54) is 27.0 Å². The van der Waals surface area contributed by atoms with Gasteiger partial charge in [0.05, 0.1) is 35.9 Å². The van der Waals surface area contributed by atoms with Gasteiger partial charge in [0, 0.05) is 67.0 Å². The number of aliphatic carboxylic acids is 1. The summed E-state index contributed by atoms with van der Waals surface area (Å²) in [5.74, 6) is -0.678. The van der Waals surface area contributed by atoms with Gasteiger partial charge in [-0.3, -0.25) is 9.59 Å². The molecule has 2 aliphatic rings. The van der Waals surface area contributed by atoms with Crippen molar-refractivity contribution in [2.45, 2.75) is 70.9 Å². The highest BCUT2D eigenvalue weighted by atomic mass is 35.5. The van der Waals surface area contributed by atoms with Gasteiger partial charge < -0.3 is 35.3 Å². The Bertz CT molecular complexity index is 2070. The van der Waals surface area contributed by atoms with Crippen LogP contribution in [0.2, 0.25) is 5.02 Å². The number of methoxy groups -OCH3 is 2. The maximum absolute atomic E-state index is 14.5. The number of alkyl halides is 3. The lowest BCUT2D eigenvalue weighted by Crippen LogP contribution is -2.35. The molecule has 0 unspecified atom stereocenters. The number of benzene rings is 3. The summed E-state index contributed by atoms with van der Waals surface area (Å²) >= 11 is 7.11. The third kappa shape index (κ3) is 8.84. The van der Waals surface area contributed by atoms with Gasteiger partial charge in [0.2, 0.25) is 11.8 Å². The number of carbonyl (C=O) groups is 2. The van der Waals surface area contributed by atoms with Crippen molar-refractivity contribution >= 4 is 23.5 Å². The molecule has 1 aromatic heterocycles. The van der Waals surface area contributed by atoms with E-state index in [1.54, 1.807) is 7.11 Å². The molecular formula is C41H44ClF3N4O6. The predicted molar refractivity (Wildman–Crippen MR) is 202 cm³/mol. The Kier molecular flexibility index (Phi) is 11.9. The van der Waals surface area contributed by atoms with Gasteiger partial charge in [-0.05, 0) is 61.9 Å². The highest BCUT2D eigenvalue weighted by molar-refractivity contribution is 6.36. The van der Waals surface area contributed by atoms with Crippen molar-refractivity contribution in [1.29, 1.82) is 0 Å². The first-order chi connectivity index (χ1) is 26.2. The van der Waals surface area contributed by atoms with E-state index in [4.69, 9.17) is 30.8 Å². The van der Waals surface area contributed by atoms with Crippen LogP contribution in [0.5, 0.6) is 17.4 Å². The summed E-state index contributed by atoms with van der Waals surface area (Å²) in [6, 6.07) is 17.5. The maximum atomic E-state index is 14.5. The second-order valence-corrected chi connectivity index (χ2v) is 14.8. The number of amides is 1. The van der Waals surface area contributed by atoms with E-state index in [1.807, 2.05) is 48.5 Å². The van der Waals surface area contributed by atoms with Gasteiger partial charge in [-0.1, -0.05) is 54.1 Å². The lowest BCUT2D eigenvalue weighted by molar-refractivity contribution is -0.146. The molecule has 4 N–H and O–H groups in total. The number of aromatic nitrogens is 1. The SMILES string of the molecule is COc1cc(O[C@H]2CCc3c(-c4cccc(-c5ccc(CNC[C@@H]6CCC(=O)N6)c(OC)n5)c4Cl)cccc32)c(C(F)(F)F)cc1CNCC(C)(C)C(=O)O. The number of carbonyl (C=O) groups excluding carboxylic acids is 1. The number of ether oxygens (including phenoxy) is 3. The molecule has 1 aliphatic carbocycles. The van der Waals surface area contributed by atoms with Gasteiger partial charge >= 0.3 is 12.1 Å². The van der Waals surface area contributed by atoms with Crippen molar-refractivity contribution in [3.05, 3.63) is 93.5 Å². The Hall–Kier alpha value is -4.85. The Morgan fingerprint density at radius 2 is 1.65 bits per heavy atom. The maximum Gasteiger partial charge on any atom is 0.419 e. The van der Waals surface area contributed by atoms with Crippen molar-refractivity contribution in [3.8, 4) is 39.8 Å². The lowest BCUT2D eigenvalue weighted by Gasteiger charge is -2.23. The number of fused-ring (bicyclic) bond motifs is 1. The number of hydrogen-bond acceptors (Lipinski definition) is 8. The summed E-state index contributed by atoms with van der Waals surface area (Å²) in [4.78, 5) is 27.8. The third-order valence-corrected chi connectivity index (χ3v) is 10.5. The van der Waals surface area contributed by atoms with Crippen LogP contribution < -0.4 is 30.2 Å². The minimum absolute atomic E-state index is 0.0370. The van der Waals surface area contributed by atoms with E-state index >= 15 is 0 Å². The fourth-order valence-corrected chi connectivity index (χ4v) is 7.39. The second-order valence-electron chi connectivity index (χ2n) is 14.4. The number of carboxylic acid groups (broad SMARTS) is 1. The van der Waals surface area contributed by atoms with Crippen LogP contribution in [0.1, 0.15) is 67.0 Å². The van der Waals surface area contributed by atoms with Crippen LogP contribution in [0.15, 0.2) is 60.7 Å². The summed E-state index contributed by atoms with van der Waals surface area (Å²) in [7, 11) is 2.92. The molecule has 4 aromatic rings. The summed E-state index contributed by atoms with van der Waals surface area (Å²) in [6.45, 7) is 4.20. The van der Waals surface area contributed by atoms with E-state index in [-0.39, 0.29) is 42.1 Å². The summed E-state index contributed by atoms with van der Waals surface area (Å²) in [5.41, 5.74) is 3.61. The molecule has 292 valence electrons. The molecule has 14 heteroatoms. The molecule has 55 heavy (non-hydrogen) atoms. The van der Waals surface area contributed by atoms with Crippen LogP contribution >= 0.6 is 11.6 Å². The van der Waals surface area contributed by atoms with Crippen molar-refractivity contribution in [1.82, 2.24) is 20.9 Å². The number of nitrogens with one attached hydrogen (secondary N) is 3. The summed E-state index contributed by atoms with van der Waals surface area (Å²) < 4.78 is 60.8. The second kappa shape index (κ2) is 16.5. The molecule has 6 rings (SSSR count). The van der Waals surface area contributed by atoms with Gasteiger partial charge in [0.15, 0.2) is 0 Å². The zero-order valence-electron chi connectivity index (χ0n) is 31.0. The number of pyridine rings is 1. The van der Waals surface area contributed by atoms with Gasteiger partial charge in [-0.25, -0.2) is 4.98 Å². The molecule has 1 aliphatic heterocycles. The third-order valence-electron chi connectivity index (χ3n) is 10.1. The summed E-state index contributed by atoms with van der Waals surface area (Å²) in [6.07, 6.45) is -3.07. The number of nitrogens with zero attached hydrogens (tertiary/aromatic N) is 1. The molecule has 2 heterocycles. The molecule has 0 radical (unpaired) electrons. The van der Waals surface area contributed by atoms with E-state index in [0.29, 0.717) is 54.5 Å². The van der Waals surface area contributed by atoms with Crippen molar-refractivity contribution in [3.63, 3.8) is 0 Å². The molecule has 1 fully saturated rings. The molecule has 3 aromatic carbocycles. The molecule has 0 bridgehead atoms. The van der Waals surface area contributed by atoms with Crippen molar-refractivity contribution in [2.24, 2.45) is 5.41 Å². The predicted octanol–water partition coefficient (Wildman–Crippen LogP) is 7.74. The van der Waals surface area contributed by atoms with Crippen molar-refractivity contribution < 1.29 is 42.1 Å². The van der Waals surface area contributed by atoms with Crippen LogP contribution in [-0.2, 0) is 35.3 Å². The van der Waals surface area contributed by atoms with Gasteiger partial charge in [-0.2, -0.15) is 13.2 Å². The number of hydrogen-bond donors (Lipinski definition) is 4. The fraction of sp³-hybridized carbons (Fsp3) is 0.390. The van der Waals surface area contributed by atoms with E-state index in [0.717, 1.165) is 40.3 Å². The molecular weight excluding hydrogens is 737 g/mol. The zero-order valence-corrected chi connectivity index (χ0v) is 31.8. The fourth-order valence-electron chi connectivity index (χ4n) is 7.06. The Labute approximate surface area is 322 Å². The van der Waals surface area contributed by atoms with Gasteiger partial charge in [0.25, 0.3) is 0 Å². The van der Waals surface area contributed by atoms with E-state index in [9.17, 15) is 27.9 Å². The largest absolute Gasteiger partial charge is 0.496 e. The average molecular weight is 781 g/mol. The highest BCUT2D eigenvalue weighted by Crippen LogP contribution is 2.47. The summed E-state index contributed by atoms with van der Waals surface area (Å²) in [5, 5.41) is 19.1. The molecule has 0 saturated carbocycles. The topological polar surface area (TPSA) is 131 Å². The average Bonchev–Trinajstić information content (AvgIpc) is 3.76. The van der Waals surface area contributed by atoms with Gasteiger partial charge in [0.1, 0.15) is 17.6 Å². The minimum atomic E-state index is -4.73. The first-order valence-corrected chi connectivity index (χ1v) is 18.4. The first kappa shape index (κ1) is 39.8. The van der Waals surface area contributed by atoms with Crippen molar-refractivity contribution in [2.75, 3.05) is 27.3 Å². The monoisotopic (exact) mass is 780 g/mol. The Morgan fingerprint density at radius 1 is 0.927 bits per heavy atom. The van der Waals surface area contributed by atoms with E-state index in [2.05, 4.69) is 16.0 Å². The first-order valence-electron chi connectivity index (χ1n) is 18.0. The van der Waals surface area contributed by atoms with Crippen LogP contribution in [0.4, 0.5) is 13.2 Å². The zero-order chi connectivity index (χ0) is 39.5.